The molecule has 0 aliphatic carbocycles. The Hall–Kier alpha value is -0.640. The third-order valence-electron chi connectivity index (χ3n) is 9.30. The van der Waals surface area contributed by atoms with Gasteiger partial charge in [-0.1, -0.05) is 160 Å². The van der Waals surface area contributed by atoms with E-state index in [2.05, 4.69) is 43.5 Å². The first kappa shape index (κ1) is 40.4. The molecule has 3 heteroatoms. The second-order valence-electron chi connectivity index (χ2n) is 13.5. The highest BCUT2D eigenvalue weighted by Gasteiger charge is 2.40. The van der Waals surface area contributed by atoms with Crippen LogP contribution >= 0.6 is 0 Å². The second-order valence-corrected chi connectivity index (χ2v) is 13.5. The van der Waals surface area contributed by atoms with Crippen LogP contribution in [0.3, 0.4) is 0 Å². The summed E-state index contributed by atoms with van der Waals surface area (Å²) in [5, 5.41) is 3.28. The SMILES string of the molecule is CCCCC/C=C\C/C=C\CCCCCCCCC1(CCCCCCCCCCCCCCCC)OCC(CCNC)O1. The zero-order valence-electron chi connectivity index (χ0n) is 29.6. The Kier molecular flexibility index (Phi) is 29.4. The van der Waals surface area contributed by atoms with Crippen LogP contribution in [0.4, 0.5) is 0 Å². The van der Waals surface area contributed by atoms with Crippen molar-refractivity contribution in [2.24, 2.45) is 0 Å². The van der Waals surface area contributed by atoms with Crippen molar-refractivity contribution in [1.82, 2.24) is 5.32 Å². The van der Waals surface area contributed by atoms with Gasteiger partial charge >= 0.3 is 0 Å². The van der Waals surface area contributed by atoms with Gasteiger partial charge in [-0.2, -0.15) is 0 Å². The Morgan fingerprint density at radius 3 is 1.47 bits per heavy atom. The Labute approximate surface area is 270 Å². The van der Waals surface area contributed by atoms with E-state index in [1.54, 1.807) is 0 Å². The molecule has 1 N–H and O–H groups in total. The fourth-order valence-electron chi connectivity index (χ4n) is 6.42. The molecule has 1 saturated heterocycles. The summed E-state index contributed by atoms with van der Waals surface area (Å²) in [5.41, 5.74) is 0. The van der Waals surface area contributed by atoms with Crippen LogP contribution in [-0.2, 0) is 9.47 Å². The lowest BCUT2D eigenvalue weighted by Gasteiger charge is -2.28. The van der Waals surface area contributed by atoms with Crippen LogP contribution in [0.25, 0.3) is 0 Å². The standard InChI is InChI=1S/C40H77NO2/c1-4-6-8-10-12-14-16-18-20-21-23-25-27-29-31-33-36-40(42-38-39(43-40)34-37-41-3)35-32-30-28-26-24-22-19-17-15-13-11-9-7-5-2/h12,14,18,20,39,41H,4-11,13,15-17,19,21-38H2,1-3H3/b14-12-,20-18-. The number of unbranched alkanes of at least 4 members (excludes halogenated alkanes) is 22. The van der Waals surface area contributed by atoms with Gasteiger partial charge in [-0.05, 0) is 65.0 Å². The molecule has 0 aromatic rings. The molecule has 0 spiro atoms. The molecule has 1 aliphatic rings. The molecular formula is C40H77NO2. The van der Waals surface area contributed by atoms with Gasteiger partial charge in [0.1, 0.15) is 0 Å². The molecule has 0 aromatic carbocycles. The van der Waals surface area contributed by atoms with E-state index in [1.807, 2.05) is 7.05 Å². The van der Waals surface area contributed by atoms with Crippen molar-refractivity contribution >= 4 is 0 Å². The smallest absolute Gasteiger partial charge is 0.168 e. The minimum absolute atomic E-state index is 0.267. The quantitative estimate of drug-likeness (QED) is 0.0598. The van der Waals surface area contributed by atoms with Crippen molar-refractivity contribution < 1.29 is 9.47 Å². The van der Waals surface area contributed by atoms with Crippen LogP contribution in [0.15, 0.2) is 24.3 Å². The summed E-state index contributed by atoms with van der Waals surface area (Å²) in [7, 11) is 2.03. The van der Waals surface area contributed by atoms with Crippen molar-refractivity contribution in [2.45, 2.75) is 212 Å². The molecule has 0 saturated carbocycles. The van der Waals surface area contributed by atoms with Crippen molar-refractivity contribution in [2.75, 3.05) is 20.2 Å². The van der Waals surface area contributed by atoms with Crippen LogP contribution < -0.4 is 5.32 Å². The summed E-state index contributed by atoms with van der Waals surface area (Å²) in [5.74, 6) is -0.301. The summed E-state index contributed by atoms with van der Waals surface area (Å²) in [6.07, 6.45) is 48.2. The molecule has 0 amide bonds. The van der Waals surface area contributed by atoms with E-state index in [0.717, 1.165) is 38.8 Å². The van der Waals surface area contributed by atoms with Gasteiger partial charge in [0.05, 0.1) is 12.7 Å². The molecule has 2 atom stereocenters. The third kappa shape index (κ3) is 25.3. The van der Waals surface area contributed by atoms with Gasteiger partial charge in [-0.15, -0.1) is 0 Å². The molecule has 254 valence electrons. The molecule has 1 fully saturated rings. The maximum atomic E-state index is 6.61. The molecular weight excluding hydrogens is 526 g/mol. The molecule has 1 rings (SSSR count). The first-order valence-corrected chi connectivity index (χ1v) is 19.5. The molecule has 2 unspecified atom stereocenters. The van der Waals surface area contributed by atoms with E-state index in [4.69, 9.17) is 9.47 Å². The first-order chi connectivity index (χ1) is 21.3. The van der Waals surface area contributed by atoms with Crippen molar-refractivity contribution in [3.8, 4) is 0 Å². The molecule has 0 radical (unpaired) electrons. The molecule has 1 aliphatic heterocycles. The first-order valence-electron chi connectivity index (χ1n) is 19.5. The van der Waals surface area contributed by atoms with E-state index in [9.17, 15) is 0 Å². The Morgan fingerprint density at radius 2 is 0.977 bits per heavy atom. The monoisotopic (exact) mass is 604 g/mol. The summed E-state index contributed by atoms with van der Waals surface area (Å²) in [6.45, 7) is 6.36. The lowest BCUT2D eigenvalue weighted by molar-refractivity contribution is -0.179. The highest BCUT2D eigenvalue weighted by Crippen LogP contribution is 2.35. The molecule has 3 nitrogen and oxygen atoms in total. The predicted octanol–water partition coefficient (Wildman–Crippen LogP) is 12.8. The van der Waals surface area contributed by atoms with Crippen molar-refractivity contribution in [3.05, 3.63) is 24.3 Å². The fraction of sp³-hybridized carbons (Fsp3) is 0.900. The normalized spacial score (nSPS) is 19.0. The minimum Gasteiger partial charge on any atom is -0.347 e. The fourth-order valence-corrected chi connectivity index (χ4v) is 6.42. The van der Waals surface area contributed by atoms with Crippen LogP contribution in [0.2, 0.25) is 0 Å². The summed E-state index contributed by atoms with van der Waals surface area (Å²) < 4.78 is 13.0. The highest BCUT2D eigenvalue weighted by atomic mass is 16.7. The van der Waals surface area contributed by atoms with Gasteiger partial charge in [0.25, 0.3) is 0 Å². The topological polar surface area (TPSA) is 30.5 Å². The summed E-state index contributed by atoms with van der Waals surface area (Å²) >= 11 is 0. The van der Waals surface area contributed by atoms with Gasteiger partial charge in [0.2, 0.25) is 0 Å². The molecule has 43 heavy (non-hydrogen) atoms. The van der Waals surface area contributed by atoms with E-state index in [1.165, 1.54) is 161 Å². The molecule has 1 heterocycles. The molecule has 0 aromatic heterocycles. The Morgan fingerprint density at radius 1 is 0.558 bits per heavy atom. The number of nitrogens with one attached hydrogen (secondary N) is 1. The molecule has 0 bridgehead atoms. The van der Waals surface area contributed by atoms with E-state index < -0.39 is 0 Å². The van der Waals surface area contributed by atoms with E-state index in [0.29, 0.717) is 0 Å². The van der Waals surface area contributed by atoms with Gasteiger partial charge in [0, 0.05) is 12.8 Å². The van der Waals surface area contributed by atoms with E-state index >= 15 is 0 Å². The Bertz CT molecular complexity index is 618. The third-order valence-corrected chi connectivity index (χ3v) is 9.30. The zero-order valence-corrected chi connectivity index (χ0v) is 29.6. The minimum atomic E-state index is -0.301. The van der Waals surface area contributed by atoms with Crippen molar-refractivity contribution in [3.63, 3.8) is 0 Å². The largest absolute Gasteiger partial charge is 0.347 e. The van der Waals surface area contributed by atoms with E-state index in [-0.39, 0.29) is 11.9 Å². The summed E-state index contributed by atoms with van der Waals surface area (Å²) in [4.78, 5) is 0. The van der Waals surface area contributed by atoms with Crippen LogP contribution in [0.1, 0.15) is 200 Å². The average Bonchev–Trinajstić information content (AvgIpc) is 3.43. The average molecular weight is 604 g/mol. The zero-order chi connectivity index (χ0) is 30.9. The van der Waals surface area contributed by atoms with Crippen LogP contribution in [-0.4, -0.2) is 32.1 Å². The van der Waals surface area contributed by atoms with Gasteiger partial charge in [-0.3, -0.25) is 0 Å². The number of rotatable bonds is 33. The van der Waals surface area contributed by atoms with Crippen LogP contribution in [0, 0.1) is 0 Å². The second kappa shape index (κ2) is 31.3. The number of allylic oxidation sites excluding steroid dienone is 4. The van der Waals surface area contributed by atoms with Gasteiger partial charge in [0.15, 0.2) is 5.79 Å². The maximum absolute atomic E-state index is 6.61. The predicted molar refractivity (Wildman–Crippen MR) is 191 cm³/mol. The summed E-state index contributed by atoms with van der Waals surface area (Å²) in [6, 6.07) is 0. The van der Waals surface area contributed by atoms with Gasteiger partial charge < -0.3 is 14.8 Å². The van der Waals surface area contributed by atoms with Gasteiger partial charge in [-0.25, -0.2) is 0 Å². The lowest BCUT2D eigenvalue weighted by Crippen LogP contribution is -2.31. The maximum Gasteiger partial charge on any atom is 0.168 e. The van der Waals surface area contributed by atoms with Crippen molar-refractivity contribution in [1.29, 1.82) is 0 Å². The number of hydrogen-bond donors (Lipinski definition) is 1. The van der Waals surface area contributed by atoms with Crippen LogP contribution in [0.5, 0.6) is 0 Å². The lowest BCUT2D eigenvalue weighted by atomic mass is 9.98. The Balaban J connectivity index is 2.10. The number of hydrogen-bond acceptors (Lipinski definition) is 3. The highest BCUT2D eigenvalue weighted by molar-refractivity contribution is 4.92. The number of ether oxygens (including phenoxy) is 2.